The molecule has 0 amide bonds. The Bertz CT molecular complexity index is 473. The van der Waals surface area contributed by atoms with Crippen molar-refractivity contribution < 1.29 is 17.8 Å². The maximum absolute atomic E-state index is 12.5. The van der Waals surface area contributed by atoms with Gasteiger partial charge in [0, 0.05) is 19.7 Å². The Morgan fingerprint density at radius 3 is 2.43 bits per heavy atom. The maximum atomic E-state index is 12.5. The van der Waals surface area contributed by atoms with E-state index in [9.17, 15) is 13.2 Å². The molecule has 21 heavy (non-hydrogen) atoms. The molecular weight excluding hydrogens is 282 g/mol. The summed E-state index contributed by atoms with van der Waals surface area (Å²) < 4.78 is 42.3. The highest BCUT2D eigenvalue weighted by atomic mass is 19.4. The van der Waals surface area contributed by atoms with E-state index in [1.807, 2.05) is 13.0 Å². The van der Waals surface area contributed by atoms with E-state index in [-0.39, 0.29) is 6.04 Å². The van der Waals surface area contributed by atoms with Crippen molar-refractivity contribution in [2.45, 2.75) is 25.2 Å². The summed E-state index contributed by atoms with van der Waals surface area (Å²) in [7, 11) is 1.95. The van der Waals surface area contributed by atoms with Gasteiger partial charge in [-0.25, -0.2) is 0 Å². The molecular formula is C13H17BF3N3O. The third-order valence-corrected chi connectivity index (χ3v) is 2.85. The average molecular weight is 299 g/mol. The van der Waals surface area contributed by atoms with Crippen LogP contribution in [-0.4, -0.2) is 27.3 Å². The number of nitrogens with zero attached hydrogens (tertiary/aromatic N) is 1. The highest BCUT2D eigenvalue weighted by Crippen LogP contribution is 2.29. The van der Waals surface area contributed by atoms with Crippen LogP contribution >= 0.6 is 0 Å². The van der Waals surface area contributed by atoms with Crippen LogP contribution in [0.3, 0.4) is 0 Å². The number of hydrogen-bond acceptors (Lipinski definition) is 4. The SMILES string of the molecule is COBNC[C@H](C)NC(C#N)c1ccc(C(F)(F)F)cc1. The Morgan fingerprint density at radius 2 is 1.95 bits per heavy atom. The lowest BCUT2D eigenvalue weighted by molar-refractivity contribution is -0.137. The predicted octanol–water partition coefficient (Wildman–Crippen LogP) is 1.75. The maximum Gasteiger partial charge on any atom is 0.416 e. The summed E-state index contributed by atoms with van der Waals surface area (Å²) in [6.45, 7) is 2.45. The normalized spacial score (nSPS) is 14.3. The van der Waals surface area contributed by atoms with Gasteiger partial charge in [0.2, 0.25) is 0 Å². The molecule has 8 heteroatoms. The summed E-state index contributed by atoms with van der Waals surface area (Å²) in [4.78, 5) is 0. The van der Waals surface area contributed by atoms with Crippen LogP contribution in [0.25, 0.3) is 0 Å². The van der Waals surface area contributed by atoms with E-state index < -0.39 is 17.8 Å². The topological polar surface area (TPSA) is 57.1 Å². The van der Waals surface area contributed by atoms with Gasteiger partial charge in [-0.05, 0) is 24.6 Å². The molecule has 0 saturated heterocycles. The molecule has 0 spiro atoms. The Labute approximate surface area is 122 Å². The predicted molar refractivity (Wildman–Crippen MR) is 74.6 cm³/mol. The Balaban J connectivity index is 2.66. The quantitative estimate of drug-likeness (QED) is 0.595. The second-order valence-corrected chi connectivity index (χ2v) is 4.64. The number of alkyl halides is 3. The summed E-state index contributed by atoms with van der Waals surface area (Å²) >= 11 is 0. The van der Waals surface area contributed by atoms with Gasteiger partial charge in [-0.3, -0.25) is 5.32 Å². The van der Waals surface area contributed by atoms with Crippen molar-refractivity contribution in [3.05, 3.63) is 35.4 Å². The Hall–Kier alpha value is -1.56. The first-order valence-electron chi connectivity index (χ1n) is 6.41. The minimum atomic E-state index is -4.37. The Morgan fingerprint density at radius 1 is 1.33 bits per heavy atom. The molecule has 0 aliphatic carbocycles. The zero-order chi connectivity index (χ0) is 15.9. The van der Waals surface area contributed by atoms with Crippen LogP contribution in [0.2, 0.25) is 0 Å². The summed E-state index contributed by atoms with van der Waals surface area (Å²) in [6.07, 6.45) is -4.37. The summed E-state index contributed by atoms with van der Waals surface area (Å²) in [5, 5.41) is 15.2. The first kappa shape index (κ1) is 17.5. The molecule has 0 saturated carbocycles. The summed E-state index contributed by atoms with van der Waals surface area (Å²) in [5.74, 6) is 0. The fourth-order valence-corrected chi connectivity index (χ4v) is 1.79. The van der Waals surface area contributed by atoms with E-state index in [0.29, 0.717) is 19.7 Å². The van der Waals surface area contributed by atoms with Gasteiger partial charge >= 0.3 is 13.8 Å². The highest BCUT2D eigenvalue weighted by molar-refractivity contribution is 6.23. The lowest BCUT2D eigenvalue weighted by Crippen LogP contribution is -2.39. The van der Waals surface area contributed by atoms with Gasteiger partial charge in [-0.1, -0.05) is 12.1 Å². The van der Waals surface area contributed by atoms with Gasteiger partial charge in [0.25, 0.3) is 0 Å². The minimum Gasteiger partial charge on any atom is -0.427 e. The number of halogens is 3. The monoisotopic (exact) mass is 299 g/mol. The molecule has 0 heterocycles. The molecule has 0 aliphatic heterocycles. The summed E-state index contributed by atoms with van der Waals surface area (Å²) in [5.41, 5.74) is -0.221. The van der Waals surface area contributed by atoms with Crippen molar-refractivity contribution in [1.82, 2.24) is 10.5 Å². The molecule has 1 rings (SSSR count). The fraction of sp³-hybridized carbons (Fsp3) is 0.462. The molecule has 114 valence electrons. The molecule has 0 fully saturated rings. The van der Waals surface area contributed by atoms with Crippen LogP contribution in [0, 0.1) is 11.3 Å². The van der Waals surface area contributed by atoms with E-state index in [4.69, 9.17) is 9.92 Å². The summed E-state index contributed by atoms with van der Waals surface area (Å²) in [6, 6.07) is 5.95. The number of nitriles is 1. The molecule has 0 bridgehead atoms. The van der Waals surface area contributed by atoms with Crippen LogP contribution in [0.15, 0.2) is 24.3 Å². The third kappa shape index (κ3) is 5.75. The average Bonchev–Trinajstić information content (AvgIpc) is 2.44. The standard InChI is InChI=1S/C13H17BF3N3O/c1-9(8-19-14-21-2)20-12(7-18)10-3-5-11(6-4-10)13(15,16)17/h3-6,9,12,14,19-20H,8H2,1-2H3/t9-,12?/m0/s1. The van der Waals surface area contributed by atoms with Gasteiger partial charge in [0.15, 0.2) is 0 Å². The van der Waals surface area contributed by atoms with E-state index in [1.54, 1.807) is 7.11 Å². The van der Waals surface area contributed by atoms with Gasteiger partial charge < -0.3 is 9.88 Å². The lowest BCUT2D eigenvalue weighted by Gasteiger charge is -2.19. The lowest BCUT2D eigenvalue weighted by atomic mass is 10.0. The van der Waals surface area contributed by atoms with Gasteiger partial charge in [0.05, 0.1) is 11.6 Å². The zero-order valence-electron chi connectivity index (χ0n) is 11.9. The van der Waals surface area contributed by atoms with Crippen LogP contribution in [0.1, 0.15) is 24.1 Å². The van der Waals surface area contributed by atoms with Crippen LogP contribution in [0.4, 0.5) is 13.2 Å². The highest BCUT2D eigenvalue weighted by Gasteiger charge is 2.30. The smallest absolute Gasteiger partial charge is 0.416 e. The van der Waals surface area contributed by atoms with E-state index >= 15 is 0 Å². The zero-order valence-corrected chi connectivity index (χ0v) is 11.9. The number of benzene rings is 1. The van der Waals surface area contributed by atoms with Gasteiger partial charge in [-0.15, -0.1) is 0 Å². The van der Waals surface area contributed by atoms with Gasteiger partial charge in [0.1, 0.15) is 6.04 Å². The van der Waals surface area contributed by atoms with E-state index in [0.717, 1.165) is 12.1 Å². The molecule has 0 radical (unpaired) electrons. The third-order valence-electron chi connectivity index (χ3n) is 2.85. The van der Waals surface area contributed by atoms with Crippen LogP contribution < -0.4 is 10.5 Å². The van der Waals surface area contributed by atoms with Gasteiger partial charge in [-0.2, -0.15) is 18.4 Å². The van der Waals surface area contributed by atoms with Crippen molar-refractivity contribution in [2.75, 3.05) is 13.7 Å². The van der Waals surface area contributed by atoms with Crippen molar-refractivity contribution in [2.24, 2.45) is 0 Å². The molecule has 1 aromatic rings. The molecule has 1 aromatic carbocycles. The first-order chi connectivity index (χ1) is 9.88. The molecule has 1 unspecified atom stereocenters. The number of nitrogens with one attached hydrogen (secondary N) is 2. The first-order valence-corrected chi connectivity index (χ1v) is 6.41. The largest absolute Gasteiger partial charge is 0.427 e. The second-order valence-electron chi connectivity index (χ2n) is 4.64. The molecule has 4 nitrogen and oxygen atoms in total. The molecule has 0 aromatic heterocycles. The fourth-order valence-electron chi connectivity index (χ4n) is 1.79. The van der Waals surface area contributed by atoms with Crippen molar-refractivity contribution in [3.63, 3.8) is 0 Å². The van der Waals surface area contributed by atoms with Crippen molar-refractivity contribution in [3.8, 4) is 6.07 Å². The van der Waals surface area contributed by atoms with Crippen LogP contribution in [-0.2, 0) is 10.8 Å². The molecule has 2 atom stereocenters. The molecule has 0 aliphatic rings. The Kier molecular flexibility index (Phi) is 6.69. The van der Waals surface area contributed by atoms with Crippen molar-refractivity contribution in [1.29, 1.82) is 5.26 Å². The number of hydrogen-bond donors (Lipinski definition) is 2. The van der Waals surface area contributed by atoms with E-state index in [2.05, 4.69) is 10.5 Å². The number of rotatable bonds is 7. The molecule has 2 N–H and O–H groups in total. The van der Waals surface area contributed by atoms with Crippen molar-refractivity contribution >= 4 is 7.62 Å². The second kappa shape index (κ2) is 8.03. The minimum absolute atomic E-state index is 0.0351. The van der Waals surface area contributed by atoms with E-state index in [1.165, 1.54) is 12.1 Å². The van der Waals surface area contributed by atoms with Crippen LogP contribution in [0.5, 0.6) is 0 Å².